The van der Waals surface area contributed by atoms with Crippen molar-refractivity contribution >= 4 is 28.7 Å². The summed E-state index contributed by atoms with van der Waals surface area (Å²) in [5.41, 5.74) is 2.05. The molecule has 1 atom stereocenters. The van der Waals surface area contributed by atoms with Crippen LogP contribution in [0.4, 0.5) is 0 Å². The number of carbonyl (C=O) groups is 3. The average molecular weight is 359 g/mol. The SMILES string of the molecule is CCCNC(=O)[C@@H](C)NC(=O)COC(=O)CCc1c[nH]c2ccccc12. The Labute approximate surface area is 152 Å². The number of ether oxygens (including phenoxy) is 1. The third-order valence-electron chi connectivity index (χ3n) is 3.96. The molecule has 1 aromatic carbocycles. The number of aryl methyl sites for hydroxylation is 1. The van der Waals surface area contributed by atoms with Crippen LogP contribution >= 0.6 is 0 Å². The van der Waals surface area contributed by atoms with Crippen LogP contribution in [0.5, 0.6) is 0 Å². The monoisotopic (exact) mass is 359 g/mol. The Balaban J connectivity index is 1.71. The molecule has 2 amide bonds. The second kappa shape index (κ2) is 9.60. The number of hydrogen-bond acceptors (Lipinski definition) is 4. The van der Waals surface area contributed by atoms with E-state index < -0.39 is 24.5 Å². The number of fused-ring (bicyclic) bond motifs is 1. The summed E-state index contributed by atoms with van der Waals surface area (Å²) in [6.07, 6.45) is 3.41. The van der Waals surface area contributed by atoms with Crippen molar-refractivity contribution in [2.45, 2.75) is 39.2 Å². The van der Waals surface area contributed by atoms with Crippen molar-refractivity contribution in [1.82, 2.24) is 15.6 Å². The molecule has 0 aliphatic heterocycles. The molecule has 7 heteroatoms. The van der Waals surface area contributed by atoms with Crippen molar-refractivity contribution in [2.75, 3.05) is 13.2 Å². The number of aromatic amines is 1. The third kappa shape index (κ3) is 5.61. The number of hydrogen-bond donors (Lipinski definition) is 3. The number of aromatic nitrogens is 1. The second-order valence-corrected chi connectivity index (χ2v) is 6.10. The summed E-state index contributed by atoms with van der Waals surface area (Å²) in [4.78, 5) is 38.5. The Kier molecular flexibility index (Phi) is 7.20. The molecule has 0 saturated carbocycles. The summed E-state index contributed by atoms with van der Waals surface area (Å²) >= 11 is 0. The summed E-state index contributed by atoms with van der Waals surface area (Å²) < 4.78 is 4.98. The maximum Gasteiger partial charge on any atom is 0.306 e. The molecule has 0 saturated heterocycles. The topological polar surface area (TPSA) is 100 Å². The molecule has 0 aliphatic carbocycles. The van der Waals surface area contributed by atoms with E-state index in [0.29, 0.717) is 13.0 Å². The highest BCUT2D eigenvalue weighted by Gasteiger charge is 2.16. The first kappa shape index (κ1) is 19.5. The summed E-state index contributed by atoms with van der Waals surface area (Å²) in [7, 11) is 0. The minimum absolute atomic E-state index is 0.182. The number of rotatable bonds is 9. The molecule has 1 aromatic heterocycles. The van der Waals surface area contributed by atoms with E-state index in [1.807, 2.05) is 37.4 Å². The van der Waals surface area contributed by atoms with Crippen LogP contribution in [-0.2, 0) is 25.5 Å². The lowest BCUT2D eigenvalue weighted by molar-refractivity contribution is -0.148. The molecule has 2 rings (SSSR count). The van der Waals surface area contributed by atoms with Gasteiger partial charge in [-0.25, -0.2) is 0 Å². The van der Waals surface area contributed by atoms with Gasteiger partial charge in [-0.05, 0) is 31.4 Å². The number of amides is 2. The molecular weight excluding hydrogens is 334 g/mol. The van der Waals surface area contributed by atoms with Gasteiger partial charge >= 0.3 is 5.97 Å². The van der Waals surface area contributed by atoms with Gasteiger partial charge in [-0.15, -0.1) is 0 Å². The van der Waals surface area contributed by atoms with Gasteiger partial charge in [0.25, 0.3) is 5.91 Å². The largest absolute Gasteiger partial charge is 0.456 e. The molecule has 0 aliphatic rings. The first-order valence-electron chi connectivity index (χ1n) is 8.79. The van der Waals surface area contributed by atoms with Crippen LogP contribution in [0.15, 0.2) is 30.5 Å². The van der Waals surface area contributed by atoms with Crippen LogP contribution in [0.2, 0.25) is 0 Å². The number of H-pyrrole nitrogens is 1. The highest BCUT2D eigenvalue weighted by Crippen LogP contribution is 2.19. The fourth-order valence-corrected chi connectivity index (χ4v) is 2.54. The van der Waals surface area contributed by atoms with Crippen LogP contribution in [0, 0.1) is 0 Å². The van der Waals surface area contributed by atoms with Crippen molar-refractivity contribution in [1.29, 1.82) is 0 Å². The molecule has 0 bridgehead atoms. The van der Waals surface area contributed by atoms with Crippen molar-refractivity contribution in [3.05, 3.63) is 36.0 Å². The van der Waals surface area contributed by atoms with Gasteiger partial charge in [0.05, 0.1) is 0 Å². The second-order valence-electron chi connectivity index (χ2n) is 6.10. The Morgan fingerprint density at radius 1 is 1.23 bits per heavy atom. The first-order valence-corrected chi connectivity index (χ1v) is 8.79. The Bertz CT molecular complexity index is 769. The molecule has 26 heavy (non-hydrogen) atoms. The van der Waals surface area contributed by atoms with E-state index in [2.05, 4.69) is 15.6 Å². The molecule has 7 nitrogen and oxygen atoms in total. The van der Waals surface area contributed by atoms with Crippen molar-refractivity contribution in [2.24, 2.45) is 0 Å². The van der Waals surface area contributed by atoms with Crippen LogP contribution in [0.3, 0.4) is 0 Å². The molecule has 0 spiro atoms. The summed E-state index contributed by atoms with van der Waals surface area (Å²) in [5, 5.41) is 6.27. The van der Waals surface area contributed by atoms with Gasteiger partial charge in [0, 0.05) is 30.1 Å². The highest BCUT2D eigenvalue weighted by atomic mass is 16.5. The normalized spacial score (nSPS) is 11.8. The van der Waals surface area contributed by atoms with E-state index in [1.165, 1.54) is 0 Å². The van der Waals surface area contributed by atoms with E-state index >= 15 is 0 Å². The summed E-state index contributed by atoms with van der Waals surface area (Å²) in [6.45, 7) is 3.70. The van der Waals surface area contributed by atoms with Gasteiger partial charge in [-0.3, -0.25) is 14.4 Å². The number of nitrogens with one attached hydrogen (secondary N) is 3. The van der Waals surface area contributed by atoms with Gasteiger partial charge in [-0.1, -0.05) is 25.1 Å². The van der Waals surface area contributed by atoms with Gasteiger partial charge < -0.3 is 20.4 Å². The van der Waals surface area contributed by atoms with E-state index in [0.717, 1.165) is 22.9 Å². The average Bonchev–Trinajstić information content (AvgIpc) is 3.05. The number of esters is 1. The van der Waals surface area contributed by atoms with E-state index in [1.54, 1.807) is 6.92 Å². The van der Waals surface area contributed by atoms with Crippen molar-refractivity contribution in [3.8, 4) is 0 Å². The smallest absolute Gasteiger partial charge is 0.306 e. The fourth-order valence-electron chi connectivity index (χ4n) is 2.54. The zero-order chi connectivity index (χ0) is 18.9. The van der Waals surface area contributed by atoms with Gasteiger partial charge in [-0.2, -0.15) is 0 Å². The van der Waals surface area contributed by atoms with Crippen molar-refractivity contribution < 1.29 is 19.1 Å². The highest BCUT2D eigenvalue weighted by molar-refractivity contribution is 5.88. The molecule has 2 aromatic rings. The first-order chi connectivity index (χ1) is 12.5. The van der Waals surface area contributed by atoms with Crippen LogP contribution in [-0.4, -0.2) is 42.0 Å². The lowest BCUT2D eigenvalue weighted by atomic mass is 10.1. The molecule has 3 N–H and O–H groups in total. The van der Waals surface area contributed by atoms with Crippen LogP contribution < -0.4 is 10.6 Å². The lowest BCUT2D eigenvalue weighted by Gasteiger charge is -2.13. The number of benzene rings is 1. The summed E-state index contributed by atoms with van der Waals surface area (Å²) in [5.74, 6) is -1.20. The van der Waals surface area contributed by atoms with Gasteiger partial charge in [0.2, 0.25) is 5.91 Å². The van der Waals surface area contributed by atoms with E-state index in [9.17, 15) is 14.4 Å². The molecule has 140 valence electrons. The Morgan fingerprint density at radius 2 is 2.00 bits per heavy atom. The molecule has 0 unspecified atom stereocenters. The minimum Gasteiger partial charge on any atom is -0.456 e. The predicted octanol–water partition coefficient (Wildman–Crippen LogP) is 1.67. The van der Waals surface area contributed by atoms with Crippen molar-refractivity contribution in [3.63, 3.8) is 0 Å². The molecule has 0 radical (unpaired) electrons. The standard InChI is InChI=1S/C19H25N3O4/c1-3-10-20-19(25)13(2)22-17(23)12-26-18(24)9-8-14-11-21-16-7-5-4-6-15(14)16/h4-7,11,13,21H,3,8-10,12H2,1-2H3,(H,20,25)(H,22,23)/t13-/m1/s1. The maximum atomic E-state index is 11.8. The number of carbonyl (C=O) groups excluding carboxylic acids is 3. The van der Waals surface area contributed by atoms with Gasteiger partial charge in [0.1, 0.15) is 6.04 Å². The summed E-state index contributed by atoms with van der Waals surface area (Å²) in [6, 6.07) is 7.18. The predicted molar refractivity (Wildman–Crippen MR) is 98.5 cm³/mol. The minimum atomic E-state index is -0.668. The number of para-hydroxylation sites is 1. The van der Waals surface area contributed by atoms with Crippen LogP contribution in [0.1, 0.15) is 32.3 Å². The lowest BCUT2D eigenvalue weighted by Crippen LogP contribution is -2.46. The molecular formula is C19H25N3O4. The Morgan fingerprint density at radius 3 is 2.77 bits per heavy atom. The fraction of sp³-hybridized carbons (Fsp3) is 0.421. The Hall–Kier alpha value is -2.83. The van der Waals surface area contributed by atoms with Crippen LogP contribution in [0.25, 0.3) is 10.9 Å². The molecule has 1 heterocycles. The zero-order valence-electron chi connectivity index (χ0n) is 15.1. The van der Waals surface area contributed by atoms with E-state index in [-0.39, 0.29) is 12.3 Å². The quantitative estimate of drug-likeness (QED) is 0.593. The molecule has 0 fully saturated rings. The maximum absolute atomic E-state index is 11.8. The third-order valence-corrected chi connectivity index (χ3v) is 3.96. The zero-order valence-corrected chi connectivity index (χ0v) is 15.1. The van der Waals surface area contributed by atoms with E-state index in [4.69, 9.17) is 4.74 Å². The van der Waals surface area contributed by atoms with Gasteiger partial charge in [0.15, 0.2) is 6.61 Å².